The van der Waals surface area contributed by atoms with Crippen molar-refractivity contribution in [3.63, 3.8) is 0 Å². The van der Waals surface area contributed by atoms with E-state index in [4.69, 9.17) is 5.73 Å². The van der Waals surface area contributed by atoms with Crippen molar-refractivity contribution in [3.8, 4) is 0 Å². The molecule has 4 saturated carbocycles. The molecule has 4 heteroatoms. The second-order valence-corrected chi connectivity index (χ2v) is 15.0. The number of nitrogens with two attached hydrogens (primary N) is 1. The molecule has 0 aromatic carbocycles. The number of nitrogens with one attached hydrogen (secondary N) is 2. The molecule has 5 N–H and O–H groups in total. The van der Waals surface area contributed by atoms with Crippen LogP contribution in [0.1, 0.15) is 118 Å². The average molecular weight is 518 g/mol. The lowest BCUT2D eigenvalue weighted by atomic mass is 9.43. The van der Waals surface area contributed by atoms with E-state index in [0.717, 1.165) is 68.6 Å². The van der Waals surface area contributed by atoms with Crippen LogP contribution in [0, 0.1) is 52.3 Å². The van der Waals surface area contributed by atoms with Gasteiger partial charge in [0, 0.05) is 6.04 Å². The van der Waals surface area contributed by atoms with E-state index in [9.17, 15) is 5.11 Å². The highest BCUT2D eigenvalue weighted by atomic mass is 16.3. The van der Waals surface area contributed by atoms with E-state index < -0.39 is 0 Å². The Morgan fingerprint density at radius 3 is 2.32 bits per heavy atom. The largest absolute Gasteiger partial charge is 0.393 e. The Morgan fingerprint density at radius 1 is 0.838 bits per heavy atom. The molecule has 4 aliphatic rings. The molecule has 37 heavy (non-hydrogen) atoms. The monoisotopic (exact) mass is 517 g/mol. The van der Waals surface area contributed by atoms with Crippen LogP contribution in [0.25, 0.3) is 0 Å². The van der Waals surface area contributed by atoms with E-state index in [2.05, 4.69) is 45.3 Å². The van der Waals surface area contributed by atoms with E-state index in [0.29, 0.717) is 28.7 Å². The number of aliphatic hydroxyl groups is 1. The molecule has 3 unspecified atom stereocenters. The molecule has 216 valence electrons. The van der Waals surface area contributed by atoms with Gasteiger partial charge in [-0.3, -0.25) is 0 Å². The zero-order chi connectivity index (χ0) is 26.6. The summed E-state index contributed by atoms with van der Waals surface area (Å²) in [6, 6.07) is 0.641. The van der Waals surface area contributed by atoms with Gasteiger partial charge in [0.15, 0.2) is 0 Å². The summed E-state index contributed by atoms with van der Waals surface area (Å²) in [5.41, 5.74) is 6.48. The predicted octanol–water partition coefficient (Wildman–Crippen LogP) is 6.37. The van der Waals surface area contributed by atoms with E-state index >= 15 is 0 Å². The van der Waals surface area contributed by atoms with Crippen molar-refractivity contribution in [1.82, 2.24) is 10.6 Å². The molecule has 0 radical (unpaired) electrons. The van der Waals surface area contributed by atoms with Crippen LogP contribution >= 0.6 is 0 Å². The van der Waals surface area contributed by atoms with Gasteiger partial charge in [0.25, 0.3) is 0 Å². The minimum absolute atomic E-state index is 0.0757. The van der Waals surface area contributed by atoms with Crippen molar-refractivity contribution in [2.45, 2.75) is 130 Å². The molecule has 4 aliphatic carbocycles. The second kappa shape index (κ2) is 13.0. The molecule has 0 bridgehead atoms. The van der Waals surface area contributed by atoms with E-state index in [-0.39, 0.29) is 6.10 Å². The summed E-state index contributed by atoms with van der Waals surface area (Å²) in [4.78, 5) is 0. The Hall–Kier alpha value is -0.160. The number of rotatable bonds is 13. The first-order valence-electron chi connectivity index (χ1n) is 16.5. The molecule has 0 spiro atoms. The first kappa shape index (κ1) is 29.8. The summed E-state index contributed by atoms with van der Waals surface area (Å²) in [5.74, 6) is 5.27. The number of hydrogen-bond donors (Lipinski definition) is 4. The fourth-order valence-electron chi connectivity index (χ4n) is 10.3. The van der Waals surface area contributed by atoms with Crippen molar-refractivity contribution in [1.29, 1.82) is 0 Å². The fraction of sp³-hybridized carbons (Fsp3) is 1.00. The summed E-state index contributed by atoms with van der Waals surface area (Å²) in [6.45, 7) is 16.6. The van der Waals surface area contributed by atoms with Crippen LogP contribution in [0.3, 0.4) is 0 Å². The molecule has 0 aromatic heterocycles. The Morgan fingerprint density at radius 2 is 1.57 bits per heavy atom. The maximum Gasteiger partial charge on any atom is 0.0577 e. The van der Waals surface area contributed by atoms with Crippen LogP contribution in [-0.2, 0) is 0 Å². The summed E-state index contributed by atoms with van der Waals surface area (Å²) in [7, 11) is 0. The molecule has 0 saturated heterocycles. The zero-order valence-electron chi connectivity index (χ0n) is 25.2. The van der Waals surface area contributed by atoms with Crippen molar-refractivity contribution < 1.29 is 5.11 Å². The Kier molecular flexibility index (Phi) is 10.5. The first-order chi connectivity index (χ1) is 17.7. The van der Waals surface area contributed by atoms with E-state index in [1.807, 2.05) is 0 Å². The molecular weight excluding hydrogens is 454 g/mol. The topological polar surface area (TPSA) is 70.3 Å². The lowest BCUT2D eigenvalue weighted by Gasteiger charge is -2.62. The van der Waals surface area contributed by atoms with Crippen LogP contribution in [0.2, 0.25) is 0 Å². The summed E-state index contributed by atoms with van der Waals surface area (Å²) in [6.07, 6.45) is 16.9. The van der Waals surface area contributed by atoms with Gasteiger partial charge in [-0.05, 0) is 143 Å². The van der Waals surface area contributed by atoms with Crippen LogP contribution in [0.5, 0.6) is 0 Å². The third-order valence-electron chi connectivity index (χ3n) is 12.4. The Labute approximate surface area is 230 Å². The highest BCUT2D eigenvalue weighted by molar-refractivity contribution is 5.12. The maximum absolute atomic E-state index is 11.7. The third-order valence-corrected chi connectivity index (χ3v) is 12.4. The first-order valence-corrected chi connectivity index (χ1v) is 16.5. The molecule has 4 rings (SSSR count). The molecule has 0 amide bonds. The summed E-state index contributed by atoms with van der Waals surface area (Å²) in [5, 5.41) is 19.1. The van der Waals surface area contributed by atoms with Crippen molar-refractivity contribution >= 4 is 0 Å². The standard InChI is InChI=1S/C33H63N3O/c1-23(2)9-6-10-24(3)27-11-12-28-31-29(14-16-33(27,28)5)32(4)15-13-26(21-25(32)22-30(31)37)36-20-8-19-35-18-7-17-34/h23-31,35-37H,6-22,34H2,1-5H3/t24-,25-,26+,27-,28?,29?,30+,31?,32+,33-/m1/s1. The molecule has 4 nitrogen and oxygen atoms in total. The van der Waals surface area contributed by atoms with Gasteiger partial charge in [0.05, 0.1) is 6.10 Å². The zero-order valence-corrected chi connectivity index (χ0v) is 25.2. The molecular formula is C33H63N3O. The van der Waals surface area contributed by atoms with E-state index in [1.54, 1.807) is 0 Å². The van der Waals surface area contributed by atoms with Gasteiger partial charge >= 0.3 is 0 Å². The number of fused-ring (bicyclic) bond motifs is 5. The smallest absolute Gasteiger partial charge is 0.0577 e. The van der Waals surface area contributed by atoms with Crippen LogP contribution in [0.4, 0.5) is 0 Å². The summed E-state index contributed by atoms with van der Waals surface area (Å²) < 4.78 is 0. The molecule has 0 aliphatic heterocycles. The third kappa shape index (κ3) is 6.44. The lowest BCUT2D eigenvalue weighted by molar-refractivity contribution is -0.167. The van der Waals surface area contributed by atoms with Gasteiger partial charge < -0.3 is 21.5 Å². The second-order valence-electron chi connectivity index (χ2n) is 15.0. The normalized spacial score (nSPS) is 42.3. The highest BCUT2D eigenvalue weighted by Gasteiger charge is 2.62. The van der Waals surface area contributed by atoms with E-state index in [1.165, 1.54) is 70.6 Å². The Balaban J connectivity index is 1.33. The predicted molar refractivity (Wildman–Crippen MR) is 157 cm³/mol. The van der Waals surface area contributed by atoms with Crippen LogP contribution in [0.15, 0.2) is 0 Å². The lowest BCUT2D eigenvalue weighted by Crippen LogP contribution is -2.59. The SMILES string of the molecule is CC(C)CCC[C@@H](C)[C@H]1CCC2C3C(CC[C@@]21C)[C@@]1(C)CC[C@H](NCCCNCCCN)C[C@@H]1C[C@@H]3O. The summed E-state index contributed by atoms with van der Waals surface area (Å²) >= 11 is 0. The molecule has 10 atom stereocenters. The maximum atomic E-state index is 11.7. The minimum atomic E-state index is -0.0757. The van der Waals surface area contributed by atoms with Gasteiger partial charge in [-0.25, -0.2) is 0 Å². The van der Waals surface area contributed by atoms with Gasteiger partial charge in [-0.2, -0.15) is 0 Å². The van der Waals surface area contributed by atoms with Crippen LogP contribution in [-0.4, -0.2) is 43.4 Å². The number of hydrogen-bond acceptors (Lipinski definition) is 4. The van der Waals surface area contributed by atoms with Gasteiger partial charge in [-0.15, -0.1) is 0 Å². The van der Waals surface area contributed by atoms with Crippen molar-refractivity contribution in [2.75, 3.05) is 26.2 Å². The number of aliphatic hydroxyl groups excluding tert-OH is 1. The highest BCUT2D eigenvalue weighted by Crippen LogP contribution is 2.68. The minimum Gasteiger partial charge on any atom is -0.393 e. The molecule has 0 heterocycles. The van der Waals surface area contributed by atoms with Gasteiger partial charge in [0.1, 0.15) is 0 Å². The van der Waals surface area contributed by atoms with Gasteiger partial charge in [0.2, 0.25) is 0 Å². The van der Waals surface area contributed by atoms with Gasteiger partial charge in [-0.1, -0.05) is 53.9 Å². The van der Waals surface area contributed by atoms with Crippen molar-refractivity contribution in [2.24, 2.45) is 58.0 Å². The van der Waals surface area contributed by atoms with Crippen molar-refractivity contribution in [3.05, 3.63) is 0 Å². The molecule has 0 aromatic rings. The fourth-order valence-corrected chi connectivity index (χ4v) is 10.3. The molecule has 4 fully saturated rings. The van der Waals surface area contributed by atoms with Crippen LogP contribution < -0.4 is 16.4 Å². The Bertz CT molecular complexity index is 699. The average Bonchev–Trinajstić information content (AvgIpc) is 3.21. The quantitative estimate of drug-likeness (QED) is 0.214.